The fourth-order valence-electron chi connectivity index (χ4n) is 2.48. The highest BCUT2D eigenvalue weighted by Gasteiger charge is 2.26. The lowest BCUT2D eigenvalue weighted by Crippen LogP contribution is -2.43. The van der Waals surface area contributed by atoms with E-state index >= 15 is 0 Å². The van der Waals surface area contributed by atoms with Crippen molar-refractivity contribution in [3.8, 4) is 5.75 Å². The van der Waals surface area contributed by atoms with Gasteiger partial charge in [0.15, 0.2) is 0 Å². The molecule has 0 aliphatic carbocycles. The van der Waals surface area contributed by atoms with Gasteiger partial charge in [0, 0.05) is 12.1 Å². The van der Waals surface area contributed by atoms with Crippen LogP contribution in [0, 0.1) is 0 Å². The van der Waals surface area contributed by atoms with Crippen molar-refractivity contribution >= 4 is 11.9 Å². The van der Waals surface area contributed by atoms with Crippen LogP contribution < -0.4 is 4.74 Å². The zero-order valence-corrected chi connectivity index (χ0v) is 14.1. The topological polar surface area (TPSA) is 66.8 Å². The molecule has 1 unspecified atom stereocenters. The number of amides is 1. The summed E-state index contributed by atoms with van der Waals surface area (Å²) in [5, 5.41) is 9.30. The maximum absolute atomic E-state index is 12.7. The van der Waals surface area contributed by atoms with E-state index in [2.05, 4.69) is 4.74 Å². The molecule has 1 N–H and O–H groups in total. The number of carboxylic acids is 1. The molecule has 7 heteroatoms. The van der Waals surface area contributed by atoms with E-state index in [9.17, 15) is 23.5 Å². The van der Waals surface area contributed by atoms with Crippen molar-refractivity contribution in [2.24, 2.45) is 0 Å². The van der Waals surface area contributed by atoms with Crippen LogP contribution >= 0.6 is 0 Å². The monoisotopic (exact) mass is 363 g/mol. The minimum Gasteiger partial charge on any atom is -0.480 e. The molecule has 2 aromatic carbocycles. The Morgan fingerprint density at radius 3 is 2.31 bits per heavy atom. The van der Waals surface area contributed by atoms with Crippen LogP contribution in [-0.2, 0) is 22.6 Å². The molecule has 0 spiro atoms. The number of ether oxygens (including phenoxy) is 1. The Morgan fingerprint density at radius 2 is 1.69 bits per heavy atom. The van der Waals surface area contributed by atoms with E-state index in [0.29, 0.717) is 0 Å². The van der Waals surface area contributed by atoms with Crippen molar-refractivity contribution in [2.45, 2.75) is 32.5 Å². The van der Waals surface area contributed by atoms with Crippen molar-refractivity contribution in [3.63, 3.8) is 0 Å². The molecule has 0 bridgehead atoms. The number of carboxylic acid groups (broad SMARTS) is 1. The molecule has 138 valence electrons. The van der Waals surface area contributed by atoms with Gasteiger partial charge in [0.2, 0.25) is 5.91 Å². The molecule has 1 amide bonds. The summed E-state index contributed by atoms with van der Waals surface area (Å²) >= 11 is 0. The summed E-state index contributed by atoms with van der Waals surface area (Å²) in [4.78, 5) is 25.3. The molecule has 0 saturated carbocycles. The standard InChI is InChI=1S/C19H19F2NO4/c1-13(18(24)25)22(12-14-7-3-2-4-8-14)17(23)11-15-9-5-6-10-16(15)26-19(20)21/h2-10,13,19H,11-12H2,1H3,(H,24,25). The largest absolute Gasteiger partial charge is 0.480 e. The third-order valence-corrected chi connectivity index (χ3v) is 3.87. The van der Waals surface area contributed by atoms with Crippen LogP contribution in [0.1, 0.15) is 18.1 Å². The Bertz CT molecular complexity index is 752. The molecule has 1 atom stereocenters. The molecule has 0 radical (unpaired) electrons. The van der Waals surface area contributed by atoms with Crippen LogP contribution in [-0.4, -0.2) is 34.5 Å². The summed E-state index contributed by atoms with van der Waals surface area (Å²) in [7, 11) is 0. The van der Waals surface area contributed by atoms with Crippen molar-refractivity contribution in [3.05, 3.63) is 65.7 Å². The lowest BCUT2D eigenvalue weighted by molar-refractivity contribution is -0.149. The first-order valence-electron chi connectivity index (χ1n) is 7.97. The second kappa shape index (κ2) is 8.94. The predicted octanol–water partition coefficient (Wildman–Crippen LogP) is 3.33. The number of carbonyl (C=O) groups excluding carboxylic acids is 1. The quantitative estimate of drug-likeness (QED) is 0.781. The molecule has 0 saturated heterocycles. The van der Waals surface area contributed by atoms with E-state index in [4.69, 9.17) is 0 Å². The van der Waals surface area contributed by atoms with E-state index in [1.165, 1.54) is 30.0 Å². The number of carbonyl (C=O) groups is 2. The third kappa shape index (κ3) is 5.27. The second-order valence-corrected chi connectivity index (χ2v) is 5.68. The Labute approximate surface area is 149 Å². The van der Waals surface area contributed by atoms with Gasteiger partial charge < -0.3 is 14.7 Å². The van der Waals surface area contributed by atoms with Crippen LogP contribution in [0.15, 0.2) is 54.6 Å². The molecule has 0 aliphatic heterocycles. The summed E-state index contributed by atoms with van der Waals surface area (Å²) in [6.45, 7) is -1.50. The molecule has 0 heterocycles. The molecule has 2 aromatic rings. The van der Waals surface area contributed by atoms with E-state index in [-0.39, 0.29) is 24.3 Å². The fourth-order valence-corrected chi connectivity index (χ4v) is 2.48. The van der Waals surface area contributed by atoms with E-state index < -0.39 is 24.5 Å². The van der Waals surface area contributed by atoms with Gasteiger partial charge in [0.05, 0.1) is 6.42 Å². The van der Waals surface area contributed by atoms with Gasteiger partial charge in [-0.2, -0.15) is 8.78 Å². The third-order valence-electron chi connectivity index (χ3n) is 3.87. The minimum atomic E-state index is -3.01. The molecule has 0 aliphatic rings. The first-order valence-corrected chi connectivity index (χ1v) is 7.97. The lowest BCUT2D eigenvalue weighted by Gasteiger charge is -2.27. The highest BCUT2D eigenvalue weighted by Crippen LogP contribution is 2.22. The van der Waals surface area contributed by atoms with Crippen LogP contribution in [0.25, 0.3) is 0 Å². The smallest absolute Gasteiger partial charge is 0.387 e. The highest BCUT2D eigenvalue weighted by molar-refractivity contribution is 5.85. The molecule has 5 nitrogen and oxygen atoms in total. The molecule has 2 rings (SSSR count). The first-order chi connectivity index (χ1) is 12.4. The van der Waals surface area contributed by atoms with Crippen LogP contribution in [0.4, 0.5) is 8.78 Å². The summed E-state index contributed by atoms with van der Waals surface area (Å²) in [5.74, 6) is -1.74. The molecule has 0 fully saturated rings. The summed E-state index contributed by atoms with van der Waals surface area (Å²) in [5.41, 5.74) is 1.04. The maximum atomic E-state index is 12.7. The molecular formula is C19H19F2NO4. The van der Waals surface area contributed by atoms with Crippen molar-refractivity contribution in [1.82, 2.24) is 4.90 Å². The van der Waals surface area contributed by atoms with E-state index in [1.807, 2.05) is 6.07 Å². The SMILES string of the molecule is CC(C(=O)O)N(Cc1ccccc1)C(=O)Cc1ccccc1OC(F)F. The van der Waals surface area contributed by atoms with Crippen LogP contribution in [0.3, 0.4) is 0 Å². The zero-order valence-electron chi connectivity index (χ0n) is 14.1. The first kappa shape index (κ1) is 19.4. The van der Waals surface area contributed by atoms with Crippen LogP contribution in [0.5, 0.6) is 5.75 Å². The minimum absolute atomic E-state index is 0.0986. The average molecular weight is 363 g/mol. The second-order valence-electron chi connectivity index (χ2n) is 5.68. The maximum Gasteiger partial charge on any atom is 0.387 e. The summed E-state index contributed by atoms with van der Waals surface area (Å²) in [6.07, 6.45) is -0.243. The Balaban J connectivity index is 2.23. The Kier molecular flexibility index (Phi) is 6.66. The number of rotatable bonds is 8. The van der Waals surface area contributed by atoms with Gasteiger partial charge >= 0.3 is 12.6 Å². The number of alkyl halides is 2. The van der Waals surface area contributed by atoms with Gasteiger partial charge in [-0.15, -0.1) is 0 Å². The number of benzene rings is 2. The predicted molar refractivity (Wildman–Crippen MR) is 90.9 cm³/mol. The van der Waals surface area contributed by atoms with Gasteiger partial charge in [-0.25, -0.2) is 4.79 Å². The van der Waals surface area contributed by atoms with Gasteiger partial charge in [-0.1, -0.05) is 48.5 Å². The van der Waals surface area contributed by atoms with E-state index in [0.717, 1.165) is 5.56 Å². The van der Waals surface area contributed by atoms with Gasteiger partial charge in [0.25, 0.3) is 0 Å². The van der Waals surface area contributed by atoms with Gasteiger partial charge in [-0.3, -0.25) is 4.79 Å². The van der Waals surface area contributed by atoms with Gasteiger partial charge in [-0.05, 0) is 18.6 Å². The zero-order chi connectivity index (χ0) is 19.1. The average Bonchev–Trinajstić information content (AvgIpc) is 2.61. The van der Waals surface area contributed by atoms with Crippen molar-refractivity contribution < 1.29 is 28.2 Å². The van der Waals surface area contributed by atoms with Gasteiger partial charge in [0.1, 0.15) is 11.8 Å². The number of para-hydroxylation sites is 1. The highest BCUT2D eigenvalue weighted by atomic mass is 19.3. The summed E-state index contributed by atoms with van der Waals surface area (Å²) < 4.78 is 29.5. The fraction of sp³-hybridized carbons (Fsp3) is 0.263. The lowest BCUT2D eigenvalue weighted by atomic mass is 10.1. The number of halogens is 2. The summed E-state index contributed by atoms with van der Waals surface area (Å²) in [6, 6.07) is 13.9. The number of hydrogen-bond acceptors (Lipinski definition) is 3. The van der Waals surface area contributed by atoms with Crippen molar-refractivity contribution in [1.29, 1.82) is 0 Å². The normalized spacial score (nSPS) is 11.8. The number of aliphatic carboxylic acids is 1. The Morgan fingerprint density at radius 1 is 1.08 bits per heavy atom. The van der Waals surface area contributed by atoms with E-state index in [1.54, 1.807) is 30.3 Å². The number of nitrogens with zero attached hydrogens (tertiary/aromatic N) is 1. The van der Waals surface area contributed by atoms with Crippen LogP contribution in [0.2, 0.25) is 0 Å². The number of hydrogen-bond donors (Lipinski definition) is 1. The molecule has 0 aromatic heterocycles. The molecule has 26 heavy (non-hydrogen) atoms. The van der Waals surface area contributed by atoms with Crippen molar-refractivity contribution in [2.75, 3.05) is 0 Å². The molecular weight excluding hydrogens is 344 g/mol. The Hall–Kier alpha value is -2.96.